The molecule has 1 unspecified atom stereocenters. The van der Waals surface area contributed by atoms with Gasteiger partial charge in [-0.1, -0.05) is 5.92 Å². The Bertz CT molecular complexity index is 519. The van der Waals surface area contributed by atoms with Gasteiger partial charge >= 0.3 is 0 Å². The Morgan fingerprint density at radius 3 is 2.94 bits per heavy atom. The molecule has 0 fully saturated rings. The Labute approximate surface area is 103 Å². The number of imide groups is 1. The summed E-state index contributed by atoms with van der Waals surface area (Å²) in [6, 6.07) is 1.89. The fourth-order valence-corrected chi connectivity index (χ4v) is 1.11. The summed E-state index contributed by atoms with van der Waals surface area (Å²) in [5.41, 5.74) is 5.51. The zero-order valence-corrected chi connectivity index (χ0v) is 9.60. The summed E-state index contributed by atoms with van der Waals surface area (Å²) >= 11 is 0. The Hall–Kier alpha value is -2.59. The molecule has 94 valence electrons. The highest BCUT2D eigenvalue weighted by Gasteiger charge is 2.12. The van der Waals surface area contributed by atoms with Crippen LogP contribution in [0.15, 0.2) is 12.1 Å². The molecule has 1 heterocycles. The van der Waals surface area contributed by atoms with E-state index in [4.69, 9.17) is 5.73 Å². The number of hydrogen-bond acceptors (Lipinski definition) is 6. The van der Waals surface area contributed by atoms with E-state index in [0.717, 1.165) is 0 Å². The van der Waals surface area contributed by atoms with Crippen LogP contribution in [0, 0.1) is 11.8 Å². The van der Waals surface area contributed by atoms with E-state index in [1.807, 2.05) is 5.32 Å². The minimum atomic E-state index is -0.891. The maximum Gasteiger partial charge on any atom is 0.255 e. The van der Waals surface area contributed by atoms with Crippen LogP contribution < -0.4 is 16.4 Å². The molecule has 0 aromatic carbocycles. The molecule has 0 spiro atoms. The number of hydrogen-bond donors (Lipinski definition) is 4. The molecule has 1 atom stereocenters. The van der Waals surface area contributed by atoms with Gasteiger partial charge in [0.1, 0.15) is 17.6 Å². The predicted octanol–water partition coefficient (Wildman–Crippen LogP) is -1.42. The van der Waals surface area contributed by atoms with Crippen molar-refractivity contribution in [1.29, 1.82) is 0 Å². The largest absolute Gasteiger partial charge is 0.505 e. The predicted molar refractivity (Wildman–Crippen MR) is 64.2 cm³/mol. The van der Waals surface area contributed by atoms with Crippen molar-refractivity contribution in [3.63, 3.8) is 0 Å². The van der Waals surface area contributed by atoms with Crippen LogP contribution in [0.25, 0.3) is 0 Å². The summed E-state index contributed by atoms with van der Waals surface area (Å²) in [6.45, 7) is 0. The van der Waals surface area contributed by atoms with Crippen LogP contribution in [0.4, 0.5) is 5.82 Å². The number of anilines is 1. The maximum atomic E-state index is 11.3. The Morgan fingerprint density at radius 2 is 2.33 bits per heavy atom. The monoisotopic (exact) mass is 248 g/mol. The van der Waals surface area contributed by atoms with Crippen LogP contribution in [0.1, 0.15) is 5.69 Å². The number of nitrogens with one attached hydrogen (secondary N) is 2. The zero-order valence-electron chi connectivity index (χ0n) is 9.60. The van der Waals surface area contributed by atoms with E-state index in [0.29, 0.717) is 0 Å². The van der Waals surface area contributed by atoms with Gasteiger partial charge in [0.2, 0.25) is 6.41 Å². The van der Waals surface area contributed by atoms with Gasteiger partial charge < -0.3 is 10.8 Å². The summed E-state index contributed by atoms with van der Waals surface area (Å²) < 4.78 is 0. The van der Waals surface area contributed by atoms with Crippen LogP contribution in [0.3, 0.4) is 0 Å². The number of rotatable bonds is 3. The molecule has 1 rings (SSSR count). The minimum absolute atomic E-state index is 0.0640. The molecule has 0 aliphatic heterocycles. The molecule has 0 bridgehead atoms. The molecule has 18 heavy (non-hydrogen) atoms. The molecule has 1 aromatic heterocycles. The van der Waals surface area contributed by atoms with Crippen molar-refractivity contribution in [3.8, 4) is 17.6 Å². The molecule has 7 nitrogen and oxygen atoms in total. The molecular formula is C11H12N4O3. The van der Waals surface area contributed by atoms with Crippen molar-refractivity contribution in [2.75, 3.05) is 12.8 Å². The summed E-state index contributed by atoms with van der Waals surface area (Å²) in [7, 11) is 1.51. The van der Waals surface area contributed by atoms with Crippen molar-refractivity contribution in [1.82, 2.24) is 15.6 Å². The van der Waals surface area contributed by atoms with Gasteiger partial charge in [-0.2, -0.15) is 0 Å². The fraction of sp³-hybridized carbons (Fsp3) is 0.182. The first kappa shape index (κ1) is 13.5. The lowest BCUT2D eigenvalue weighted by Crippen LogP contribution is -2.41. The third kappa shape index (κ3) is 3.47. The molecule has 1 aromatic rings. The number of aromatic nitrogens is 1. The molecule has 0 aliphatic carbocycles. The van der Waals surface area contributed by atoms with Crippen LogP contribution >= 0.6 is 0 Å². The van der Waals surface area contributed by atoms with Gasteiger partial charge in [-0.15, -0.1) is 0 Å². The molecular weight excluding hydrogens is 236 g/mol. The molecule has 7 heteroatoms. The summed E-state index contributed by atoms with van der Waals surface area (Å²) in [5.74, 6) is 4.52. The van der Waals surface area contributed by atoms with E-state index >= 15 is 0 Å². The molecule has 0 radical (unpaired) electrons. The van der Waals surface area contributed by atoms with Gasteiger partial charge in [-0.3, -0.25) is 20.2 Å². The van der Waals surface area contributed by atoms with Crippen molar-refractivity contribution in [3.05, 3.63) is 17.8 Å². The molecule has 0 saturated carbocycles. The number of carbonyl (C=O) groups is 2. The second-order valence-electron chi connectivity index (χ2n) is 3.22. The number of nitrogens with zero attached hydrogens (tertiary/aromatic N) is 1. The molecule has 0 saturated heterocycles. The van der Waals surface area contributed by atoms with Crippen LogP contribution in [0.2, 0.25) is 0 Å². The lowest BCUT2D eigenvalue weighted by molar-refractivity contribution is -0.125. The van der Waals surface area contributed by atoms with E-state index in [-0.39, 0.29) is 23.7 Å². The van der Waals surface area contributed by atoms with Gasteiger partial charge in [0.25, 0.3) is 5.91 Å². The maximum absolute atomic E-state index is 11.3. The molecule has 2 amide bonds. The van der Waals surface area contributed by atoms with E-state index in [1.54, 1.807) is 0 Å². The average Bonchev–Trinajstić information content (AvgIpc) is 2.34. The Balaban J connectivity index is 2.94. The Kier molecular flexibility index (Phi) is 4.66. The Morgan fingerprint density at radius 1 is 1.61 bits per heavy atom. The SMILES string of the molecule is CNC(C#Cc1nc(N)ccc1O)C(=O)NC=O. The smallest absolute Gasteiger partial charge is 0.255 e. The third-order valence-corrected chi connectivity index (χ3v) is 1.98. The third-order valence-electron chi connectivity index (χ3n) is 1.98. The second kappa shape index (κ2) is 6.22. The van der Waals surface area contributed by atoms with Crippen molar-refractivity contribution in [2.24, 2.45) is 0 Å². The highest BCUT2D eigenvalue weighted by molar-refractivity contribution is 5.92. The topological polar surface area (TPSA) is 117 Å². The van der Waals surface area contributed by atoms with Gasteiger partial charge in [0.05, 0.1) is 0 Å². The first-order valence-corrected chi connectivity index (χ1v) is 4.96. The first-order chi connectivity index (χ1) is 8.58. The lowest BCUT2D eigenvalue weighted by Gasteiger charge is -2.05. The number of nitrogen functional groups attached to an aromatic ring is 1. The van der Waals surface area contributed by atoms with E-state index in [2.05, 4.69) is 22.1 Å². The zero-order chi connectivity index (χ0) is 13.5. The number of likely N-dealkylation sites (N-methyl/N-ethyl adjacent to an activating group) is 1. The first-order valence-electron chi connectivity index (χ1n) is 4.96. The van der Waals surface area contributed by atoms with E-state index < -0.39 is 11.9 Å². The molecule has 5 N–H and O–H groups in total. The van der Waals surface area contributed by atoms with Crippen molar-refractivity contribution < 1.29 is 14.7 Å². The normalized spacial score (nSPS) is 10.9. The van der Waals surface area contributed by atoms with Crippen molar-refractivity contribution >= 4 is 18.1 Å². The quantitative estimate of drug-likeness (QED) is 0.385. The number of aromatic hydroxyl groups is 1. The van der Waals surface area contributed by atoms with E-state index in [9.17, 15) is 14.7 Å². The standard InChI is InChI=1S/C11H12N4O3/c1-13-8(11(18)14-6-16)3-2-7-9(17)4-5-10(12)15-7/h4-6,8,13,17H,1H3,(H2,12,15)(H,14,16,18). The number of amides is 2. The number of carbonyl (C=O) groups excluding carboxylic acids is 2. The second-order valence-corrected chi connectivity index (χ2v) is 3.22. The van der Waals surface area contributed by atoms with Crippen molar-refractivity contribution in [2.45, 2.75) is 6.04 Å². The number of pyridine rings is 1. The highest BCUT2D eigenvalue weighted by Crippen LogP contribution is 2.14. The van der Waals surface area contributed by atoms with Gasteiger partial charge in [-0.05, 0) is 25.1 Å². The minimum Gasteiger partial charge on any atom is -0.505 e. The fourth-order valence-electron chi connectivity index (χ4n) is 1.11. The summed E-state index contributed by atoms with van der Waals surface area (Å²) in [5, 5.41) is 14.0. The lowest BCUT2D eigenvalue weighted by atomic mass is 10.2. The van der Waals surface area contributed by atoms with Crippen LogP contribution in [-0.4, -0.2) is 35.5 Å². The molecule has 0 aliphatic rings. The van der Waals surface area contributed by atoms with Gasteiger partial charge in [0.15, 0.2) is 5.69 Å². The van der Waals surface area contributed by atoms with Crippen LogP contribution in [0.5, 0.6) is 5.75 Å². The average molecular weight is 248 g/mol. The highest BCUT2D eigenvalue weighted by atomic mass is 16.3. The van der Waals surface area contributed by atoms with E-state index in [1.165, 1.54) is 19.2 Å². The van der Waals surface area contributed by atoms with Gasteiger partial charge in [0, 0.05) is 0 Å². The van der Waals surface area contributed by atoms with Gasteiger partial charge in [-0.25, -0.2) is 4.98 Å². The van der Waals surface area contributed by atoms with Crippen LogP contribution in [-0.2, 0) is 9.59 Å². The summed E-state index contributed by atoms with van der Waals surface area (Å²) in [6.07, 6.45) is 0.268. The number of nitrogens with two attached hydrogens (primary N) is 1. The summed E-state index contributed by atoms with van der Waals surface area (Å²) in [4.78, 5) is 25.3.